The summed E-state index contributed by atoms with van der Waals surface area (Å²) < 4.78 is 6.26. The van der Waals surface area contributed by atoms with E-state index in [2.05, 4.69) is 31.7 Å². The average molecular weight is 459 g/mol. The van der Waals surface area contributed by atoms with Crippen LogP contribution in [0.3, 0.4) is 0 Å². The van der Waals surface area contributed by atoms with Crippen molar-refractivity contribution in [3.63, 3.8) is 0 Å². The number of hydrogen-bond acceptors (Lipinski definition) is 3. The quantitative estimate of drug-likeness (QED) is 0.380. The number of urea groups is 1. The van der Waals surface area contributed by atoms with Gasteiger partial charge in [-0.1, -0.05) is 68.7 Å². The van der Waals surface area contributed by atoms with Gasteiger partial charge in [0, 0.05) is 18.0 Å². The van der Waals surface area contributed by atoms with Crippen molar-refractivity contribution in [2.45, 2.75) is 83.0 Å². The lowest BCUT2D eigenvalue weighted by molar-refractivity contribution is -0.130. The molecule has 0 spiro atoms. The van der Waals surface area contributed by atoms with Gasteiger partial charge >= 0.3 is 6.03 Å². The second-order valence-electron chi connectivity index (χ2n) is 9.71. The highest BCUT2D eigenvalue weighted by Gasteiger charge is 2.53. The lowest BCUT2D eigenvalue weighted by Gasteiger charge is -2.38. The van der Waals surface area contributed by atoms with Crippen LogP contribution < -0.4 is 4.74 Å². The summed E-state index contributed by atoms with van der Waals surface area (Å²) in [5.74, 6) is 0.827. The standard InChI is InChI=1S/C29H34N2O3/c1-3-11-23-24-18-26-28(32)30(21-14-9-6-10-15-21)29(33)31(26)25(4-2)22(24)16-17-27(23)34-19-20-12-7-5-8-13-20/h3,5,7-8,12-13,16-17,21,25-26H,1,4,6,9-11,14-15,18-19H2,2H3/t25-,26+/m1/s1. The fourth-order valence-electron chi connectivity index (χ4n) is 6.08. The summed E-state index contributed by atoms with van der Waals surface area (Å²) in [5.41, 5.74) is 4.51. The van der Waals surface area contributed by atoms with Crippen molar-refractivity contribution in [2.75, 3.05) is 0 Å². The van der Waals surface area contributed by atoms with Crippen LogP contribution in [0.15, 0.2) is 55.1 Å². The molecule has 34 heavy (non-hydrogen) atoms. The maximum atomic E-state index is 13.6. The van der Waals surface area contributed by atoms with Crippen LogP contribution in [0, 0.1) is 0 Å². The molecular weight excluding hydrogens is 424 g/mol. The predicted molar refractivity (Wildman–Crippen MR) is 133 cm³/mol. The number of imide groups is 1. The van der Waals surface area contributed by atoms with Crippen molar-refractivity contribution < 1.29 is 14.3 Å². The van der Waals surface area contributed by atoms with E-state index in [4.69, 9.17) is 4.74 Å². The SMILES string of the molecule is C=CCc1c(OCc2ccccc2)ccc2c1C[C@H]1C(=O)N(C3CCCCC3)C(=O)N1[C@@H]2CC. The highest BCUT2D eigenvalue weighted by molar-refractivity contribution is 6.05. The zero-order valence-electron chi connectivity index (χ0n) is 20.0. The van der Waals surface area contributed by atoms with Crippen LogP contribution in [0.5, 0.6) is 5.75 Å². The van der Waals surface area contributed by atoms with Gasteiger partial charge in [-0.3, -0.25) is 9.69 Å². The average Bonchev–Trinajstić information content (AvgIpc) is 3.13. The molecule has 2 aromatic rings. The number of carbonyl (C=O) groups excluding carboxylic acids is 2. The Morgan fingerprint density at radius 1 is 1.06 bits per heavy atom. The summed E-state index contributed by atoms with van der Waals surface area (Å²) >= 11 is 0. The van der Waals surface area contributed by atoms with Crippen molar-refractivity contribution in [3.8, 4) is 5.75 Å². The van der Waals surface area contributed by atoms with Gasteiger partial charge in [0.15, 0.2) is 0 Å². The molecule has 5 nitrogen and oxygen atoms in total. The molecule has 1 saturated carbocycles. The minimum absolute atomic E-state index is 0.0128. The third-order valence-electron chi connectivity index (χ3n) is 7.71. The molecule has 0 aromatic heterocycles. The molecule has 0 N–H and O–H groups in total. The first kappa shape index (κ1) is 22.7. The largest absolute Gasteiger partial charge is 0.489 e. The number of allylic oxidation sites excluding steroid dienone is 1. The first-order chi connectivity index (χ1) is 16.6. The molecule has 2 heterocycles. The van der Waals surface area contributed by atoms with Gasteiger partial charge < -0.3 is 9.64 Å². The van der Waals surface area contributed by atoms with Crippen LogP contribution in [0.1, 0.15) is 73.7 Å². The number of amides is 3. The number of benzene rings is 2. The van der Waals surface area contributed by atoms with Gasteiger partial charge in [0.25, 0.3) is 5.91 Å². The van der Waals surface area contributed by atoms with Crippen molar-refractivity contribution in [1.82, 2.24) is 9.80 Å². The van der Waals surface area contributed by atoms with Crippen molar-refractivity contribution in [2.24, 2.45) is 0 Å². The molecule has 2 atom stereocenters. The minimum atomic E-state index is -0.417. The van der Waals surface area contributed by atoms with E-state index in [-0.39, 0.29) is 24.0 Å². The zero-order valence-corrected chi connectivity index (χ0v) is 20.0. The Kier molecular flexibility index (Phi) is 6.44. The Morgan fingerprint density at radius 3 is 2.53 bits per heavy atom. The second-order valence-corrected chi connectivity index (χ2v) is 9.71. The van der Waals surface area contributed by atoms with E-state index in [1.165, 1.54) is 6.42 Å². The highest BCUT2D eigenvalue weighted by atomic mass is 16.5. The first-order valence-electron chi connectivity index (χ1n) is 12.7. The molecule has 2 aromatic carbocycles. The molecule has 0 bridgehead atoms. The number of rotatable bonds is 7. The Hall–Kier alpha value is -3.08. The van der Waals surface area contributed by atoms with Crippen LogP contribution in [0.25, 0.3) is 0 Å². The van der Waals surface area contributed by atoms with Crippen molar-refractivity contribution in [1.29, 1.82) is 0 Å². The van der Waals surface area contributed by atoms with Crippen LogP contribution in [-0.2, 0) is 24.2 Å². The van der Waals surface area contributed by atoms with Gasteiger partial charge in [-0.2, -0.15) is 0 Å². The maximum absolute atomic E-state index is 13.6. The summed E-state index contributed by atoms with van der Waals surface area (Å²) in [6.07, 6.45) is 9.13. The van der Waals surface area contributed by atoms with E-state index < -0.39 is 6.04 Å². The minimum Gasteiger partial charge on any atom is -0.489 e. The Balaban J connectivity index is 1.48. The molecule has 1 saturated heterocycles. The van der Waals surface area contributed by atoms with E-state index in [0.29, 0.717) is 19.4 Å². The third-order valence-corrected chi connectivity index (χ3v) is 7.71. The second kappa shape index (κ2) is 9.65. The summed E-state index contributed by atoms with van der Waals surface area (Å²) in [7, 11) is 0. The Labute approximate surface area is 202 Å². The fourth-order valence-corrected chi connectivity index (χ4v) is 6.08. The number of fused-ring (bicyclic) bond motifs is 2. The van der Waals surface area contributed by atoms with Gasteiger partial charge in [0.2, 0.25) is 0 Å². The zero-order chi connectivity index (χ0) is 23.7. The highest BCUT2D eigenvalue weighted by Crippen LogP contribution is 2.44. The van der Waals surface area contributed by atoms with Crippen molar-refractivity contribution >= 4 is 11.9 Å². The number of carbonyl (C=O) groups is 2. The molecule has 5 heteroatoms. The first-order valence-corrected chi connectivity index (χ1v) is 12.7. The van der Waals surface area contributed by atoms with E-state index in [1.54, 1.807) is 4.90 Å². The van der Waals surface area contributed by atoms with Crippen molar-refractivity contribution in [3.05, 3.63) is 77.4 Å². The van der Waals surface area contributed by atoms with Crippen LogP contribution in [-0.4, -0.2) is 33.8 Å². The summed E-state index contributed by atoms with van der Waals surface area (Å²) in [4.78, 5) is 30.6. The maximum Gasteiger partial charge on any atom is 0.328 e. The summed E-state index contributed by atoms with van der Waals surface area (Å²) in [6, 6.07) is 13.7. The third kappa shape index (κ3) is 3.91. The van der Waals surface area contributed by atoms with Gasteiger partial charge in [0.1, 0.15) is 18.4 Å². The van der Waals surface area contributed by atoms with E-state index in [0.717, 1.165) is 60.1 Å². The van der Waals surface area contributed by atoms with Crippen LogP contribution >= 0.6 is 0 Å². The molecule has 5 rings (SSSR count). The lowest BCUT2D eigenvalue weighted by atomic mass is 9.83. The molecule has 178 valence electrons. The monoisotopic (exact) mass is 458 g/mol. The normalized spacial score (nSPS) is 22.5. The molecule has 0 unspecified atom stereocenters. The molecule has 3 aliphatic rings. The molecule has 3 amide bonds. The molecule has 0 radical (unpaired) electrons. The van der Waals surface area contributed by atoms with Gasteiger partial charge in [-0.15, -0.1) is 6.58 Å². The number of nitrogens with zero attached hydrogens (tertiary/aromatic N) is 2. The van der Waals surface area contributed by atoms with E-state index in [9.17, 15) is 9.59 Å². The molecule has 2 fully saturated rings. The summed E-state index contributed by atoms with van der Waals surface area (Å²) in [6.45, 7) is 6.57. The van der Waals surface area contributed by atoms with Gasteiger partial charge in [-0.05, 0) is 48.4 Å². The van der Waals surface area contributed by atoms with E-state index >= 15 is 0 Å². The smallest absolute Gasteiger partial charge is 0.328 e. The fraction of sp³-hybridized carbons (Fsp3) is 0.448. The molecule has 2 aliphatic heterocycles. The molecular formula is C29H34N2O3. The Bertz CT molecular complexity index is 1070. The van der Waals surface area contributed by atoms with E-state index in [1.807, 2.05) is 35.2 Å². The Morgan fingerprint density at radius 2 is 1.82 bits per heavy atom. The van der Waals surface area contributed by atoms with Crippen LogP contribution in [0.2, 0.25) is 0 Å². The number of hydrogen-bond donors (Lipinski definition) is 0. The van der Waals surface area contributed by atoms with Crippen LogP contribution in [0.4, 0.5) is 4.79 Å². The molecule has 1 aliphatic carbocycles. The predicted octanol–water partition coefficient (Wildman–Crippen LogP) is 5.97. The summed E-state index contributed by atoms with van der Waals surface area (Å²) in [5, 5.41) is 0. The topological polar surface area (TPSA) is 49.9 Å². The number of ether oxygens (including phenoxy) is 1. The van der Waals surface area contributed by atoms with Gasteiger partial charge in [0.05, 0.1) is 6.04 Å². The van der Waals surface area contributed by atoms with Gasteiger partial charge in [-0.25, -0.2) is 4.79 Å². The lowest BCUT2D eigenvalue weighted by Crippen LogP contribution is -2.44.